The van der Waals surface area contributed by atoms with Crippen LogP contribution in [0.3, 0.4) is 0 Å². The molecule has 1 rings (SSSR count). The maximum atomic E-state index is 11.0. The van der Waals surface area contributed by atoms with Crippen molar-refractivity contribution in [2.45, 2.75) is 39.0 Å². The minimum atomic E-state index is -1.20. The normalized spacial score (nSPS) is 10.3. The van der Waals surface area contributed by atoms with Gasteiger partial charge in [-0.25, -0.2) is 9.59 Å². The van der Waals surface area contributed by atoms with E-state index in [0.717, 1.165) is 31.2 Å². The van der Waals surface area contributed by atoms with E-state index in [1.165, 1.54) is 18.6 Å². The van der Waals surface area contributed by atoms with E-state index in [1.807, 2.05) is 0 Å². The Balaban J connectivity index is 2.80. The lowest BCUT2D eigenvalue weighted by Gasteiger charge is -2.06. The average Bonchev–Trinajstić information content (AvgIpc) is 2.34. The smallest absolute Gasteiger partial charge is 0.336 e. The fraction of sp³-hybridized carbons (Fsp3) is 0.429. The van der Waals surface area contributed by atoms with Crippen LogP contribution >= 0.6 is 0 Å². The quantitative estimate of drug-likeness (QED) is 0.729. The van der Waals surface area contributed by atoms with Crippen molar-refractivity contribution in [3.8, 4) is 0 Å². The Kier molecular flexibility index (Phi) is 5.36. The van der Waals surface area contributed by atoms with Crippen molar-refractivity contribution >= 4 is 11.9 Å². The largest absolute Gasteiger partial charge is 0.478 e. The molecule has 0 bridgehead atoms. The molecule has 0 aliphatic heterocycles. The van der Waals surface area contributed by atoms with Crippen LogP contribution in [-0.4, -0.2) is 22.2 Å². The van der Waals surface area contributed by atoms with E-state index in [1.54, 1.807) is 6.07 Å². The van der Waals surface area contributed by atoms with E-state index in [0.29, 0.717) is 0 Å². The molecule has 0 atom stereocenters. The summed E-state index contributed by atoms with van der Waals surface area (Å²) in [4.78, 5) is 21.9. The number of aromatic carboxylic acids is 2. The predicted molar refractivity (Wildman–Crippen MR) is 68.2 cm³/mol. The summed E-state index contributed by atoms with van der Waals surface area (Å²) < 4.78 is 0. The van der Waals surface area contributed by atoms with Gasteiger partial charge in [-0.3, -0.25) is 0 Å². The molecule has 0 heterocycles. The van der Waals surface area contributed by atoms with Gasteiger partial charge in [0.15, 0.2) is 0 Å². The third-order valence-electron chi connectivity index (χ3n) is 2.86. The van der Waals surface area contributed by atoms with Gasteiger partial charge in [-0.05, 0) is 30.5 Å². The summed E-state index contributed by atoms with van der Waals surface area (Å²) in [6, 6.07) is 4.54. The summed E-state index contributed by atoms with van der Waals surface area (Å²) in [6.45, 7) is 2.13. The molecule has 1 aromatic carbocycles. The second kappa shape index (κ2) is 6.79. The van der Waals surface area contributed by atoms with Crippen LogP contribution in [0, 0.1) is 0 Å². The highest BCUT2D eigenvalue weighted by molar-refractivity contribution is 6.01. The van der Waals surface area contributed by atoms with Gasteiger partial charge in [0, 0.05) is 0 Å². The molecule has 0 spiro atoms. The Morgan fingerprint density at radius 3 is 2.22 bits per heavy atom. The third kappa shape index (κ3) is 3.87. The highest BCUT2D eigenvalue weighted by Gasteiger charge is 2.15. The van der Waals surface area contributed by atoms with Gasteiger partial charge >= 0.3 is 11.9 Å². The van der Waals surface area contributed by atoms with Crippen molar-refractivity contribution in [2.75, 3.05) is 0 Å². The number of carboxylic acids is 2. The fourth-order valence-electron chi connectivity index (χ4n) is 1.87. The average molecular weight is 250 g/mol. The first-order chi connectivity index (χ1) is 8.56. The standard InChI is InChI=1S/C14H18O4/c1-2-3-4-5-6-10-7-8-11(13(15)16)12(9-10)14(17)18/h7-9H,2-6H2,1H3,(H,15,16)(H,17,18). The first-order valence-corrected chi connectivity index (χ1v) is 6.15. The molecule has 0 aliphatic carbocycles. The lowest BCUT2D eigenvalue weighted by atomic mass is 10.00. The van der Waals surface area contributed by atoms with E-state index < -0.39 is 11.9 Å². The zero-order chi connectivity index (χ0) is 13.5. The molecule has 98 valence electrons. The molecule has 0 unspecified atom stereocenters. The van der Waals surface area contributed by atoms with Crippen LogP contribution < -0.4 is 0 Å². The van der Waals surface area contributed by atoms with Gasteiger partial charge in [0.05, 0.1) is 11.1 Å². The lowest BCUT2D eigenvalue weighted by molar-refractivity contribution is 0.0651. The highest BCUT2D eigenvalue weighted by Crippen LogP contribution is 2.15. The number of rotatable bonds is 7. The van der Waals surface area contributed by atoms with Crippen molar-refractivity contribution in [3.63, 3.8) is 0 Å². The van der Waals surface area contributed by atoms with E-state index in [4.69, 9.17) is 10.2 Å². The van der Waals surface area contributed by atoms with Crippen molar-refractivity contribution in [3.05, 3.63) is 34.9 Å². The van der Waals surface area contributed by atoms with Crippen molar-refractivity contribution in [2.24, 2.45) is 0 Å². The number of aryl methyl sites for hydroxylation is 1. The molecule has 0 amide bonds. The van der Waals surface area contributed by atoms with Gasteiger partial charge in [0.25, 0.3) is 0 Å². The molecule has 4 nitrogen and oxygen atoms in total. The Labute approximate surface area is 106 Å². The summed E-state index contributed by atoms with van der Waals surface area (Å²) in [7, 11) is 0. The van der Waals surface area contributed by atoms with E-state index in [2.05, 4.69) is 6.92 Å². The van der Waals surface area contributed by atoms with Crippen molar-refractivity contribution in [1.29, 1.82) is 0 Å². The minimum absolute atomic E-state index is 0.129. The summed E-state index contributed by atoms with van der Waals surface area (Å²) in [5.74, 6) is -2.40. The Hall–Kier alpha value is -1.84. The van der Waals surface area contributed by atoms with Crippen LogP contribution in [-0.2, 0) is 6.42 Å². The third-order valence-corrected chi connectivity index (χ3v) is 2.86. The molecule has 0 radical (unpaired) electrons. The molecule has 0 saturated carbocycles. The second-order valence-corrected chi connectivity index (χ2v) is 4.30. The first-order valence-electron chi connectivity index (χ1n) is 6.15. The summed E-state index contributed by atoms with van der Waals surface area (Å²) in [6.07, 6.45) is 5.22. The van der Waals surface area contributed by atoms with Crippen LogP contribution in [0.15, 0.2) is 18.2 Å². The topological polar surface area (TPSA) is 74.6 Å². The van der Waals surface area contributed by atoms with Crippen LogP contribution in [0.4, 0.5) is 0 Å². The molecule has 18 heavy (non-hydrogen) atoms. The van der Waals surface area contributed by atoms with Gasteiger partial charge < -0.3 is 10.2 Å². The van der Waals surface area contributed by atoms with Crippen LogP contribution in [0.2, 0.25) is 0 Å². The van der Waals surface area contributed by atoms with Crippen LogP contribution in [0.25, 0.3) is 0 Å². The number of carboxylic acid groups (broad SMARTS) is 2. The van der Waals surface area contributed by atoms with E-state index >= 15 is 0 Å². The lowest BCUT2D eigenvalue weighted by Crippen LogP contribution is -2.08. The maximum absolute atomic E-state index is 11.0. The molecule has 0 saturated heterocycles. The fourth-order valence-corrected chi connectivity index (χ4v) is 1.87. The van der Waals surface area contributed by atoms with Crippen LogP contribution in [0.1, 0.15) is 58.9 Å². The van der Waals surface area contributed by atoms with Crippen molar-refractivity contribution < 1.29 is 19.8 Å². The van der Waals surface area contributed by atoms with Gasteiger partial charge in [-0.2, -0.15) is 0 Å². The van der Waals surface area contributed by atoms with E-state index in [9.17, 15) is 9.59 Å². The molecule has 1 aromatic rings. The number of unbranched alkanes of at least 4 members (excludes halogenated alkanes) is 3. The predicted octanol–water partition coefficient (Wildman–Crippen LogP) is 3.21. The molecular formula is C14H18O4. The number of carbonyl (C=O) groups is 2. The van der Waals surface area contributed by atoms with Gasteiger partial charge in [0.2, 0.25) is 0 Å². The molecular weight excluding hydrogens is 232 g/mol. The number of benzene rings is 1. The zero-order valence-corrected chi connectivity index (χ0v) is 10.5. The van der Waals surface area contributed by atoms with Crippen LogP contribution in [0.5, 0.6) is 0 Å². The molecule has 0 aliphatic rings. The van der Waals surface area contributed by atoms with Gasteiger partial charge in [0.1, 0.15) is 0 Å². The first kappa shape index (κ1) is 14.2. The molecule has 0 aromatic heterocycles. The summed E-state index contributed by atoms with van der Waals surface area (Å²) in [5.41, 5.74) is 0.601. The van der Waals surface area contributed by atoms with E-state index in [-0.39, 0.29) is 11.1 Å². The van der Waals surface area contributed by atoms with Gasteiger partial charge in [-0.1, -0.05) is 32.3 Å². The molecule has 2 N–H and O–H groups in total. The Morgan fingerprint density at radius 1 is 1.00 bits per heavy atom. The highest BCUT2D eigenvalue weighted by atomic mass is 16.4. The maximum Gasteiger partial charge on any atom is 0.336 e. The monoisotopic (exact) mass is 250 g/mol. The van der Waals surface area contributed by atoms with Crippen molar-refractivity contribution in [1.82, 2.24) is 0 Å². The summed E-state index contributed by atoms with van der Waals surface area (Å²) in [5, 5.41) is 17.9. The Bertz CT molecular complexity index is 437. The second-order valence-electron chi connectivity index (χ2n) is 4.30. The minimum Gasteiger partial charge on any atom is -0.478 e. The number of hydrogen-bond donors (Lipinski definition) is 2. The SMILES string of the molecule is CCCCCCc1ccc(C(=O)O)c(C(=O)O)c1. The molecule has 4 heteroatoms. The van der Waals surface area contributed by atoms with Gasteiger partial charge in [-0.15, -0.1) is 0 Å². The molecule has 0 fully saturated rings. The Morgan fingerprint density at radius 2 is 1.67 bits per heavy atom. The number of hydrogen-bond acceptors (Lipinski definition) is 2. The summed E-state index contributed by atoms with van der Waals surface area (Å²) >= 11 is 0. The zero-order valence-electron chi connectivity index (χ0n) is 10.5.